The molecule has 0 aliphatic rings. The molecular formula is C10H18N4O2S. The van der Waals surface area contributed by atoms with Crippen molar-refractivity contribution >= 4 is 17.7 Å². The van der Waals surface area contributed by atoms with Gasteiger partial charge >= 0.3 is 0 Å². The van der Waals surface area contributed by atoms with Crippen LogP contribution in [0.1, 0.15) is 32.2 Å². The zero-order chi connectivity index (χ0) is 13.0. The van der Waals surface area contributed by atoms with Crippen molar-refractivity contribution in [2.45, 2.75) is 36.8 Å². The molecule has 2 atom stereocenters. The van der Waals surface area contributed by atoms with Crippen LogP contribution < -0.4 is 5.73 Å². The third-order valence-corrected chi connectivity index (χ3v) is 3.35. The lowest BCUT2D eigenvalue weighted by Gasteiger charge is -2.18. The van der Waals surface area contributed by atoms with E-state index in [9.17, 15) is 4.79 Å². The van der Waals surface area contributed by atoms with Gasteiger partial charge in [0.25, 0.3) is 5.22 Å². The van der Waals surface area contributed by atoms with Crippen LogP contribution in [0.25, 0.3) is 0 Å². The molecule has 0 aliphatic carbocycles. The molecular weight excluding hydrogens is 240 g/mol. The second kappa shape index (κ2) is 6.02. The maximum absolute atomic E-state index is 10.9. The predicted octanol–water partition coefficient (Wildman–Crippen LogP) is 1.05. The normalized spacial score (nSPS) is 14.9. The number of hydrogen-bond acceptors (Lipinski definition) is 6. The monoisotopic (exact) mass is 258 g/mol. The van der Waals surface area contributed by atoms with Gasteiger partial charge in [-0.2, -0.15) is 0 Å². The molecule has 0 aromatic carbocycles. The van der Waals surface area contributed by atoms with Crippen molar-refractivity contribution in [3.05, 3.63) is 5.89 Å². The Kier molecular flexibility index (Phi) is 4.95. The Morgan fingerprint density at radius 3 is 2.65 bits per heavy atom. The van der Waals surface area contributed by atoms with Crippen molar-refractivity contribution in [2.24, 2.45) is 5.73 Å². The van der Waals surface area contributed by atoms with Crippen molar-refractivity contribution in [3.8, 4) is 0 Å². The zero-order valence-electron chi connectivity index (χ0n) is 10.5. The summed E-state index contributed by atoms with van der Waals surface area (Å²) in [5, 5.41) is 7.90. The summed E-state index contributed by atoms with van der Waals surface area (Å²) in [6.45, 7) is 3.76. The van der Waals surface area contributed by atoms with E-state index in [2.05, 4.69) is 10.2 Å². The lowest BCUT2D eigenvalue weighted by molar-refractivity contribution is -0.117. The van der Waals surface area contributed by atoms with Gasteiger partial charge in [-0.05, 0) is 27.4 Å². The summed E-state index contributed by atoms with van der Waals surface area (Å²) in [6.07, 6.45) is 0.880. The molecule has 0 saturated heterocycles. The van der Waals surface area contributed by atoms with E-state index in [1.165, 1.54) is 11.8 Å². The van der Waals surface area contributed by atoms with Crippen LogP contribution in [0.15, 0.2) is 9.64 Å². The molecule has 96 valence electrons. The van der Waals surface area contributed by atoms with E-state index >= 15 is 0 Å². The summed E-state index contributed by atoms with van der Waals surface area (Å²) in [4.78, 5) is 12.9. The van der Waals surface area contributed by atoms with Gasteiger partial charge in [0.1, 0.15) is 0 Å². The number of amides is 1. The molecule has 0 bridgehead atoms. The molecule has 17 heavy (non-hydrogen) atoms. The summed E-state index contributed by atoms with van der Waals surface area (Å²) < 4.78 is 5.51. The van der Waals surface area contributed by atoms with Gasteiger partial charge in [-0.15, -0.1) is 10.2 Å². The van der Waals surface area contributed by atoms with Crippen LogP contribution in [0, 0.1) is 0 Å². The first-order valence-electron chi connectivity index (χ1n) is 5.41. The number of nitrogens with zero attached hydrogens (tertiary/aromatic N) is 3. The second-order valence-electron chi connectivity index (χ2n) is 3.96. The molecule has 1 amide bonds. The van der Waals surface area contributed by atoms with E-state index in [1.54, 1.807) is 6.92 Å². The first-order chi connectivity index (χ1) is 7.95. The van der Waals surface area contributed by atoms with Crippen LogP contribution in [0.2, 0.25) is 0 Å². The summed E-state index contributed by atoms with van der Waals surface area (Å²) in [5.41, 5.74) is 5.17. The lowest BCUT2D eigenvalue weighted by Crippen LogP contribution is -2.22. The number of nitrogens with two attached hydrogens (primary N) is 1. The van der Waals surface area contributed by atoms with Crippen LogP contribution in [0.3, 0.4) is 0 Å². The van der Waals surface area contributed by atoms with E-state index in [1.807, 2.05) is 25.9 Å². The minimum Gasteiger partial charge on any atom is -0.414 e. The van der Waals surface area contributed by atoms with Gasteiger partial charge in [0, 0.05) is 0 Å². The Hall–Kier alpha value is -1.08. The maximum atomic E-state index is 10.9. The molecule has 0 fully saturated rings. The first kappa shape index (κ1) is 14.0. The van der Waals surface area contributed by atoms with Crippen molar-refractivity contribution in [3.63, 3.8) is 0 Å². The molecule has 0 aliphatic heterocycles. The maximum Gasteiger partial charge on any atom is 0.277 e. The van der Waals surface area contributed by atoms with Crippen molar-refractivity contribution < 1.29 is 9.21 Å². The van der Waals surface area contributed by atoms with Gasteiger partial charge in [0.05, 0.1) is 11.3 Å². The average Bonchev–Trinajstić information content (AvgIpc) is 2.66. The molecule has 0 saturated carbocycles. The quantitative estimate of drug-likeness (QED) is 0.768. The van der Waals surface area contributed by atoms with Gasteiger partial charge in [-0.3, -0.25) is 9.69 Å². The number of hydrogen-bond donors (Lipinski definition) is 1. The number of aromatic nitrogens is 2. The van der Waals surface area contributed by atoms with E-state index in [0.717, 1.165) is 6.42 Å². The molecule has 1 aromatic rings. The fourth-order valence-corrected chi connectivity index (χ4v) is 2.01. The lowest BCUT2D eigenvalue weighted by atomic mass is 10.2. The predicted molar refractivity (Wildman–Crippen MR) is 65.5 cm³/mol. The smallest absolute Gasteiger partial charge is 0.277 e. The fourth-order valence-electron chi connectivity index (χ4n) is 1.37. The molecule has 0 spiro atoms. The number of thioether (sulfide) groups is 1. The number of primary amides is 1. The Bertz CT molecular complexity index is 380. The van der Waals surface area contributed by atoms with Crippen molar-refractivity contribution in [1.29, 1.82) is 0 Å². The molecule has 1 rings (SSSR count). The minimum absolute atomic E-state index is 0.0979. The van der Waals surface area contributed by atoms with Crippen LogP contribution in [0.4, 0.5) is 0 Å². The topological polar surface area (TPSA) is 85.2 Å². The van der Waals surface area contributed by atoms with E-state index in [4.69, 9.17) is 10.2 Å². The Morgan fingerprint density at radius 1 is 1.53 bits per heavy atom. The first-order valence-corrected chi connectivity index (χ1v) is 6.29. The molecule has 6 nitrogen and oxygen atoms in total. The summed E-state index contributed by atoms with van der Waals surface area (Å²) >= 11 is 1.18. The zero-order valence-corrected chi connectivity index (χ0v) is 11.3. The number of rotatable bonds is 6. The largest absolute Gasteiger partial charge is 0.414 e. The highest BCUT2D eigenvalue weighted by Gasteiger charge is 2.21. The molecule has 1 heterocycles. The Balaban J connectivity index is 2.74. The minimum atomic E-state index is -0.394. The number of carbonyl (C=O) groups is 1. The van der Waals surface area contributed by atoms with E-state index in [-0.39, 0.29) is 11.3 Å². The Morgan fingerprint density at radius 2 is 2.18 bits per heavy atom. The van der Waals surface area contributed by atoms with Gasteiger partial charge in [-0.1, -0.05) is 18.7 Å². The highest BCUT2D eigenvalue weighted by Crippen LogP contribution is 2.26. The fraction of sp³-hybridized carbons (Fsp3) is 0.700. The standard InChI is InChI=1S/C10H18N4O2S/c1-5-7(14(3)4)9-12-13-10(16-9)17-6(2)8(11)15/h6-7H,5H2,1-4H3,(H2,11,15)/t6-,7-/m0/s1. The van der Waals surface area contributed by atoms with Gasteiger partial charge in [-0.25, -0.2) is 0 Å². The second-order valence-corrected chi connectivity index (χ2v) is 5.25. The van der Waals surface area contributed by atoms with Crippen LogP contribution in [-0.4, -0.2) is 40.3 Å². The van der Waals surface area contributed by atoms with Gasteiger partial charge in [0.15, 0.2) is 0 Å². The SMILES string of the molecule is CC[C@@H](c1nnc(S[C@@H](C)C(N)=O)o1)N(C)C. The van der Waals surface area contributed by atoms with E-state index in [0.29, 0.717) is 11.1 Å². The van der Waals surface area contributed by atoms with E-state index < -0.39 is 5.91 Å². The third kappa shape index (κ3) is 3.71. The number of carbonyl (C=O) groups excluding carboxylic acids is 1. The summed E-state index contributed by atoms with van der Waals surface area (Å²) in [6, 6.07) is 0.0979. The van der Waals surface area contributed by atoms with Gasteiger partial charge < -0.3 is 10.2 Å². The van der Waals surface area contributed by atoms with Crippen LogP contribution in [0.5, 0.6) is 0 Å². The van der Waals surface area contributed by atoms with Crippen molar-refractivity contribution in [2.75, 3.05) is 14.1 Å². The highest BCUT2D eigenvalue weighted by atomic mass is 32.2. The molecule has 1 aromatic heterocycles. The molecule has 0 unspecified atom stereocenters. The van der Waals surface area contributed by atoms with Crippen molar-refractivity contribution in [1.82, 2.24) is 15.1 Å². The van der Waals surface area contributed by atoms with Crippen LogP contribution in [-0.2, 0) is 4.79 Å². The third-order valence-electron chi connectivity index (χ3n) is 2.40. The molecule has 7 heteroatoms. The van der Waals surface area contributed by atoms with Gasteiger partial charge in [0.2, 0.25) is 11.8 Å². The summed E-state index contributed by atoms with van der Waals surface area (Å²) in [7, 11) is 3.91. The molecule has 2 N–H and O–H groups in total. The Labute approximate surface area is 105 Å². The average molecular weight is 258 g/mol. The van der Waals surface area contributed by atoms with Crippen LogP contribution >= 0.6 is 11.8 Å². The summed E-state index contributed by atoms with van der Waals surface area (Å²) in [5.74, 6) is 0.172. The highest BCUT2D eigenvalue weighted by molar-refractivity contribution is 8.00. The molecule has 0 radical (unpaired) electrons.